The lowest BCUT2D eigenvalue weighted by Gasteiger charge is -2.07. The van der Waals surface area contributed by atoms with Crippen LogP contribution in [0, 0.1) is 0 Å². The normalized spacial score (nSPS) is 11.1. The summed E-state index contributed by atoms with van der Waals surface area (Å²) in [6.45, 7) is 2.07. The summed E-state index contributed by atoms with van der Waals surface area (Å²) in [5, 5.41) is 3.90. The van der Waals surface area contributed by atoms with Crippen LogP contribution in [0.5, 0.6) is 0 Å². The molecule has 0 unspecified atom stereocenters. The van der Waals surface area contributed by atoms with Crippen LogP contribution in [0.25, 0.3) is 0 Å². The van der Waals surface area contributed by atoms with E-state index in [0.29, 0.717) is 28.7 Å². The summed E-state index contributed by atoms with van der Waals surface area (Å²) < 4.78 is 0. The van der Waals surface area contributed by atoms with Crippen molar-refractivity contribution < 1.29 is 19.2 Å². The predicted octanol–water partition coefficient (Wildman–Crippen LogP) is 5.89. The monoisotopic (exact) mass is 427 g/mol. The molecule has 32 heavy (non-hydrogen) atoms. The van der Waals surface area contributed by atoms with E-state index in [2.05, 4.69) is 12.1 Å². The molecule has 3 aromatic rings. The van der Waals surface area contributed by atoms with Crippen molar-refractivity contribution in [3.63, 3.8) is 0 Å². The summed E-state index contributed by atoms with van der Waals surface area (Å²) in [4.78, 5) is 42.9. The topological polar surface area (TPSA) is 72.8 Å². The first-order chi connectivity index (χ1) is 15.6. The summed E-state index contributed by atoms with van der Waals surface area (Å²) in [6, 6.07) is 23.9. The van der Waals surface area contributed by atoms with Crippen molar-refractivity contribution in [3.8, 4) is 0 Å². The minimum atomic E-state index is -0.616. The molecular formula is C27H25NO4. The smallest absolute Gasteiger partial charge is 0.312 e. The molecule has 0 heterocycles. The van der Waals surface area contributed by atoms with Crippen molar-refractivity contribution in [2.75, 3.05) is 0 Å². The third-order valence-electron chi connectivity index (χ3n) is 4.97. The van der Waals surface area contributed by atoms with Crippen LogP contribution in [0.1, 0.15) is 69.2 Å². The van der Waals surface area contributed by atoms with Crippen LogP contribution in [0.2, 0.25) is 0 Å². The molecule has 5 nitrogen and oxygen atoms in total. The maximum absolute atomic E-state index is 13.0. The largest absolute Gasteiger partial charge is 0.365 e. The molecule has 0 saturated heterocycles. The highest BCUT2D eigenvalue weighted by molar-refractivity contribution is 6.46. The molecule has 0 N–H and O–H groups in total. The maximum Gasteiger partial charge on any atom is 0.365 e. The van der Waals surface area contributed by atoms with Gasteiger partial charge in [0.25, 0.3) is 0 Å². The van der Waals surface area contributed by atoms with Gasteiger partial charge in [0, 0.05) is 16.7 Å². The highest BCUT2D eigenvalue weighted by atomic mass is 16.7. The Morgan fingerprint density at radius 1 is 0.688 bits per heavy atom. The summed E-state index contributed by atoms with van der Waals surface area (Å²) >= 11 is 0. The molecular weight excluding hydrogens is 402 g/mol. The van der Waals surface area contributed by atoms with Gasteiger partial charge >= 0.3 is 5.97 Å². The van der Waals surface area contributed by atoms with Gasteiger partial charge in [0.2, 0.25) is 5.78 Å². The molecule has 0 radical (unpaired) electrons. The number of ketones is 2. The Morgan fingerprint density at radius 3 is 1.81 bits per heavy atom. The molecule has 3 aromatic carbocycles. The molecule has 5 heteroatoms. The summed E-state index contributed by atoms with van der Waals surface area (Å²) in [5.74, 6) is -1.05. The minimum absolute atomic E-state index is 0.113. The number of hydrogen-bond donors (Lipinski definition) is 0. The predicted molar refractivity (Wildman–Crippen MR) is 124 cm³/mol. The Hall–Kier alpha value is -3.86. The summed E-state index contributed by atoms with van der Waals surface area (Å²) in [7, 11) is 0. The second-order valence-corrected chi connectivity index (χ2v) is 7.34. The molecule has 0 amide bonds. The maximum atomic E-state index is 13.0. The number of unbranched alkanes of at least 4 members (excludes halogenated alkanes) is 2. The Labute approximate surface area is 187 Å². The van der Waals surface area contributed by atoms with E-state index < -0.39 is 5.97 Å². The Morgan fingerprint density at radius 2 is 1.22 bits per heavy atom. The average molecular weight is 428 g/mol. The lowest BCUT2D eigenvalue weighted by Crippen LogP contribution is -2.16. The van der Waals surface area contributed by atoms with Crippen molar-refractivity contribution >= 4 is 23.2 Å². The van der Waals surface area contributed by atoms with Gasteiger partial charge in [-0.15, -0.1) is 0 Å². The second-order valence-electron chi connectivity index (χ2n) is 7.34. The molecule has 0 atom stereocenters. The van der Waals surface area contributed by atoms with Crippen molar-refractivity contribution in [1.29, 1.82) is 0 Å². The van der Waals surface area contributed by atoms with Crippen molar-refractivity contribution in [2.24, 2.45) is 5.16 Å². The zero-order valence-electron chi connectivity index (χ0n) is 18.0. The number of oxime groups is 1. The molecule has 162 valence electrons. The van der Waals surface area contributed by atoms with Crippen molar-refractivity contribution in [3.05, 3.63) is 107 Å². The fourth-order valence-corrected chi connectivity index (χ4v) is 3.16. The van der Waals surface area contributed by atoms with Crippen LogP contribution in [-0.4, -0.2) is 23.2 Å². The summed E-state index contributed by atoms with van der Waals surface area (Å²) in [5.41, 5.74) is 2.01. The average Bonchev–Trinajstić information content (AvgIpc) is 2.86. The first-order valence-corrected chi connectivity index (χ1v) is 10.7. The third-order valence-corrected chi connectivity index (χ3v) is 4.97. The fourth-order valence-electron chi connectivity index (χ4n) is 3.16. The molecule has 0 aliphatic carbocycles. The molecule has 0 fully saturated rings. The first-order valence-electron chi connectivity index (χ1n) is 10.7. The van der Waals surface area contributed by atoms with Gasteiger partial charge in [-0.25, -0.2) is 4.79 Å². The van der Waals surface area contributed by atoms with Gasteiger partial charge in [-0.05, 0) is 25.0 Å². The van der Waals surface area contributed by atoms with Gasteiger partial charge in [0.05, 0.1) is 5.56 Å². The lowest BCUT2D eigenvalue weighted by atomic mass is 9.98. The SMILES string of the molecule is CCCCC/C(=N\OC(=O)c1ccccc1)C(=O)c1ccc(C(=O)c2ccccc2)cc1. The van der Waals surface area contributed by atoms with Crippen LogP contribution < -0.4 is 0 Å². The van der Waals surface area contributed by atoms with Gasteiger partial charge < -0.3 is 4.84 Å². The zero-order valence-corrected chi connectivity index (χ0v) is 18.0. The van der Waals surface area contributed by atoms with Crippen LogP contribution in [0.15, 0.2) is 90.1 Å². The van der Waals surface area contributed by atoms with Gasteiger partial charge in [0.1, 0.15) is 5.71 Å². The number of nitrogens with zero attached hydrogens (tertiary/aromatic N) is 1. The number of Topliss-reactive ketones (excluding diaryl/α,β-unsaturated/α-hetero) is 1. The zero-order chi connectivity index (χ0) is 22.8. The molecule has 0 spiro atoms. The van der Waals surface area contributed by atoms with Crippen LogP contribution in [0.3, 0.4) is 0 Å². The molecule has 0 aromatic heterocycles. The van der Waals surface area contributed by atoms with Crippen LogP contribution >= 0.6 is 0 Å². The highest BCUT2D eigenvalue weighted by Crippen LogP contribution is 2.14. The Balaban J connectivity index is 1.76. The van der Waals surface area contributed by atoms with Gasteiger partial charge in [-0.3, -0.25) is 9.59 Å². The molecule has 0 saturated carbocycles. The van der Waals surface area contributed by atoms with E-state index in [1.54, 1.807) is 78.9 Å². The minimum Gasteiger partial charge on any atom is -0.312 e. The Bertz CT molecular complexity index is 1090. The highest BCUT2D eigenvalue weighted by Gasteiger charge is 2.17. The summed E-state index contributed by atoms with van der Waals surface area (Å²) in [6.07, 6.45) is 3.08. The van der Waals surface area contributed by atoms with Crippen LogP contribution in [-0.2, 0) is 4.84 Å². The third kappa shape index (κ3) is 6.08. The van der Waals surface area contributed by atoms with E-state index in [9.17, 15) is 14.4 Å². The molecule has 0 aliphatic rings. The first kappa shape index (κ1) is 22.8. The van der Waals surface area contributed by atoms with E-state index in [4.69, 9.17) is 4.84 Å². The number of carbonyl (C=O) groups is 3. The van der Waals surface area contributed by atoms with E-state index >= 15 is 0 Å². The number of hydrogen-bond acceptors (Lipinski definition) is 5. The second kappa shape index (κ2) is 11.5. The van der Waals surface area contributed by atoms with Gasteiger partial charge in [-0.2, -0.15) is 0 Å². The van der Waals surface area contributed by atoms with E-state index in [1.807, 2.05) is 6.07 Å². The standard InChI is InChI=1S/C27H25NO4/c1-2-3-6-15-24(28-32-27(31)23-13-9-5-10-14-23)26(30)22-18-16-21(17-19-22)25(29)20-11-7-4-8-12-20/h4-5,7-14,16-19H,2-3,6,15H2,1H3/b28-24+. The molecule has 3 rings (SSSR count). The quantitative estimate of drug-likeness (QED) is 0.133. The van der Waals surface area contributed by atoms with E-state index in [0.717, 1.165) is 19.3 Å². The fraction of sp³-hybridized carbons (Fsp3) is 0.185. The number of benzene rings is 3. The molecule has 0 bridgehead atoms. The van der Waals surface area contributed by atoms with E-state index in [1.165, 1.54) is 0 Å². The van der Waals surface area contributed by atoms with Crippen LogP contribution in [0.4, 0.5) is 0 Å². The number of rotatable bonds is 10. The lowest BCUT2D eigenvalue weighted by molar-refractivity contribution is 0.0514. The van der Waals surface area contributed by atoms with E-state index in [-0.39, 0.29) is 17.3 Å². The van der Waals surface area contributed by atoms with Crippen molar-refractivity contribution in [2.45, 2.75) is 32.6 Å². The molecule has 0 aliphatic heterocycles. The van der Waals surface area contributed by atoms with Crippen molar-refractivity contribution in [1.82, 2.24) is 0 Å². The van der Waals surface area contributed by atoms with Gasteiger partial charge in [-0.1, -0.05) is 97.7 Å². The Kier molecular flexibility index (Phi) is 8.21. The van der Waals surface area contributed by atoms with Gasteiger partial charge in [0.15, 0.2) is 5.78 Å². The number of carbonyl (C=O) groups excluding carboxylic acids is 3.